The Morgan fingerprint density at radius 2 is 1.58 bits per heavy atom. The lowest BCUT2D eigenvalue weighted by Gasteiger charge is -2.25. The van der Waals surface area contributed by atoms with E-state index >= 15 is 0 Å². The predicted octanol–water partition coefficient (Wildman–Crippen LogP) is 5.70. The molecule has 0 radical (unpaired) electrons. The molecular weight excluding hydrogens is 497 g/mol. The normalized spacial score (nSPS) is 11.6. The molecule has 1 N–H and O–H groups in total. The van der Waals surface area contributed by atoms with Gasteiger partial charge < -0.3 is 14.7 Å². The molecule has 2 aromatic carbocycles. The van der Waals surface area contributed by atoms with Gasteiger partial charge in [-0.2, -0.15) is 18.2 Å². The van der Waals surface area contributed by atoms with Crippen molar-refractivity contribution in [3.8, 4) is 22.4 Å². The van der Waals surface area contributed by atoms with Gasteiger partial charge in [-0.15, -0.1) is 0 Å². The third-order valence-corrected chi connectivity index (χ3v) is 6.21. The number of pyridine rings is 1. The molecule has 2 aromatic heterocycles. The third-order valence-electron chi connectivity index (χ3n) is 6.21. The first-order valence-electron chi connectivity index (χ1n) is 12.2. The number of hydrogen-bond donors (Lipinski definition) is 1. The molecule has 0 atom stereocenters. The molecule has 0 fully saturated rings. The van der Waals surface area contributed by atoms with Crippen molar-refractivity contribution in [1.82, 2.24) is 19.9 Å². The molecule has 198 valence electrons. The lowest BCUT2D eigenvalue weighted by Crippen LogP contribution is -2.42. The van der Waals surface area contributed by atoms with Crippen LogP contribution >= 0.6 is 0 Å². The van der Waals surface area contributed by atoms with E-state index in [1.165, 1.54) is 12.1 Å². The number of fused-ring (bicyclic) bond motifs is 1. The van der Waals surface area contributed by atoms with E-state index in [4.69, 9.17) is 0 Å². The minimum absolute atomic E-state index is 0.0861. The SMILES string of the molecule is CCN(CC)CCN(OC(=O)C(F)(F)F)C(=O)c1ccc(-c2cncc(-c3cc4ccccc4[nH]3)c2)cc1. The molecule has 0 aliphatic rings. The Bertz CT molecular complexity index is 1380. The highest BCUT2D eigenvalue weighted by Gasteiger charge is 2.43. The van der Waals surface area contributed by atoms with E-state index < -0.39 is 18.1 Å². The lowest BCUT2D eigenvalue weighted by atomic mass is 10.0. The molecule has 4 aromatic rings. The van der Waals surface area contributed by atoms with Crippen LogP contribution in [0.15, 0.2) is 73.1 Å². The number of benzene rings is 2. The molecule has 0 aliphatic carbocycles. The summed E-state index contributed by atoms with van der Waals surface area (Å²) in [5.74, 6) is -3.28. The molecule has 0 saturated carbocycles. The number of nitrogens with zero attached hydrogens (tertiary/aromatic N) is 3. The van der Waals surface area contributed by atoms with Crippen molar-refractivity contribution in [3.05, 3.63) is 78.6 Å². The Balaban J connectivity index is 1.54. The van der Waals surface area contributed by atoms with Gasteiger partial charge in [-0.3, -0.25) is 9.78 Å². The number of H-pyrrole nitrogens is 1. The monoisotopic (exact) mass is 524 g/mol. The van der Waals surface area contributed by atoms with Gasteiger partial charge in [0.15, 0.2) is 0 Å². The van der Waals surface area contributed by atoms with Gasteiger partial charge >= 0.3 is 12.1 Å². The van der Waals surface area contributed by atoms with E-state index in [9.17, 15) is 22.8 Å². The lowest BCUT2D eigenvalue weighted by molar-refractivity contribution is -0.228. The second-order valence-electron chi connectivity index (χ2n) is 8.62. The number of amides is 1. The molecule has 0 spiro atoms. The van der Waals surface area contributed by atoms with Crippen molar-refractivity contribution in [2.75, 3.05) is 26.2 Å². The van der Waals surface area contributed by atoms with Gasteiger partial charge in [0.2, 0.25) is 0 Å². The average molecular weight is 525 g/mol. The fourth-order valence-corrected chi connectivity index (χ4v) is 4.04. The Morgan fingerprint density at radius 3 is 2.24 bits per heavy atom. The molecule has 38 heavy (non-hydrogen) atoms. The van der Waals surface area contributed by atoms with Crippen LogP contribution in [0.1, 0.15) is 24.2 Å². The average Bonchev–Trinajstić information content (AvgIpc) is 3.36. The van der Waals surface area contributed by atoms with Crippen molar-refractivity contribution in [1.29, 1.82) is 0 Å². The number of rotatable bonds is 8. The highest BCUT2D eigenvalue weighted by molar-refractivity contribution is 5.95. The van der Waals surface area contributed by atoms with Gasteiger partial charge in [0.1, 0.15) is 0 Å². The largest absolute Gasteiger partial charge is 0.493 e. The first-order chi connectivity index (χ1) is 18.2. The van der Waals surface area contributed by atoms with Crippen molar-refractivity contribution in [3.63, 3.8) is 0 Å². The van der Waals surface area contributed by atoms with Crippen LogP contribution in [0, 0.1) is 0 Å². The summed E-state index contributed by atoms with van der Waals surface area (Å²) in [5, 5.41) is 1.55. The summed E-state index contributed by atoms with van der Waals surface area (Å²) in [4.78, 5) is 38.6. The van der Waals surface area contributed by atoms with Gasteiger partial charge in [-0.1, -0.05) is 44.2 Å². The first kappa shape index (κ1) is 26.9. The summed E-state index contributed by atoms with van der Waals surface area (Å²) in [6.07, 6.45) is -1.79. The van der Waals surface area contributed by atoms with Crippen LogP contribution in [0.3, 0.4) is 0 Å². The Labute approximate surface area is 217 Å². The highest BCUT2D eigenvalue weighted by Crippen LogP contribution is 2.28. The van der Waals surface area contributed by atoms with Crippen molar-refractivity contribution in [2.24, 2.45) is 0 Å². The number of para-hydroxylation sites is 1. The smallest absolute Gasteiger partial charge is 0.354 e. The zero-order chi connectivity index (χ0) is 27.3. The Kier molecular flexibility index (Phi) is 8.11. The molecule has 0 saturated heterocycles. The van der Waals surface area contributed by atoms with Gasteiger partial charge in [0.05, 0.1) is 6.54 Å². The zero-order valence-corrected chi connectivity index (χ0v) is 21.0. The zero-order valence-electron chi connectivity index (χ0n) is 21.0. The third kappa shape index (κ3) is 6.20. The maximum atomic E-state index is 13.0. The summed E-state index contributed by atoms with van der Waals surface area (Å²) in [5.41, 5.74) is 4.43. The second kappa shape index (κ2) is 11.5. The number of aromatic amines is 1. The van der Waals surface area contributed by atoms with Gasteiger partial charge in [-0.05, 0) is 49.0 Å². The second-order valence-corrected chi connectivity index (χ2v) is 8.62. The van der Waals surface area contributed by atoms with E-state index in [2.05, 4.69) is 14.8 Å². The molecule has 2 heterocycles. The van der Waals surface area contributed by atoms with E-state index in [-0.39, 0.29) is 18.7 Å². The number of aromatic nitrogens is 2. The molecular formula is C28H27F3N4O3. The minimum Gasteiger partial charge on any atom is -0.354 e. The number of carbonyl (C=O) groups is 2. The molecule has 4 rings (SSSR count). The number of halogens is 3. The number of likely N-dealkylation sites (N-methyl/N-ethyl adjacent to an activating group) is 1. The minimum atomic E-state index is -5.22. The Morgan fingerprint density at radius 1 is 0.895 bits per heavy atom. The van der Waals surface area contributed by atoms with Crippen molar-refractivity contribution < 1.29 is 27.6 Å². The quantitative estimate of drug-likeness (QED) is 0.299. The van der Waals surface area contributed by atoms with Crippen LogP contribution in [0.25, 0.3) is 33.3 Å². The van der Waals surface area contributed by atoms with E-state index in [0.717, 1.165) is 33.3 Å². The van der Waals surface area contributed by atoms with Crippen LogP contribution in [0.2, 0.25) is 0 Å². The number of hydroxylamine groups is 2. The van der Waals surface area contributed by atoms with Crippen LogP contribution in [-0.2, 0) is 9.63 Å². The van der Waals surface area contributed by atoms with Crippen molar-refractivity contribution >= 4 is 22.8 Å². The number of hydrogen-bond acceptors (Lipinski definition) is 5. The molecule has 0 bridgehead atoms. The summed E-state index contributed by atoms with van der Waals surface area (Å²) in [6, 6.07) is 18.2. The summed E-state index contributed by atoms with van der Waals surface area (Å²) in [6.45, 7) is 5.07. The van der Waals surface area contributed by atoms with Crippen LogP contribution < -0.4 is 0 Å². The maximum Gasteiger partial charge on any atom is 0.493 e. The van der Waals surface area contributed by atoms with Gasteiger partial charge in [-0.25, -0.2) is 4.79 Å². The molecule has 1 amide bonds. The standard InChI is InChI=1S/C28H27F3N4O3/c1-3-34(4-2)13-14-35(38-27(37)28(29,30)31)26(36)20-11-9-19(10-12-20)22-15-23(18-32-17-22)25-16-21-7-5-6-8-24(21)33-25/h5-12,15-18,33H,3-4,13-14H2,1-2H3. The fraction of sp³-hybridized carbons (Fsp3) is 0.250. The van der Waals surface area contributed by atoms with Gasteiger partial charge in [0, 0.05) is 52.2 Å². The number of carbonyl (C=O) groups excluding carboxylic acids is 2. The van der Waals surface area contributed by atoms with Gasteiger partial charge in [0.25, 0.3) is 5.91 Å². The first-order valence-corrected chi connectivity index (χ1v) is 12.2. The van der Waals surface area contributed by atoms with E-state index in [1.54, 1.807) is 24.5 Å². The molecule has 0 unspecified atom stereocenters. The topological polar surface area (TPSA) is 78.5 Å². The maximum absolute atomic E-state index is 13.0. The van der Waals surface area contributed by atoms with Crippen molar-refractivity contribution in [2.45, 2.75) is 20.0 Å². The summed E-state index contributed by atoms with van der Waals surface area (Å²) < 4.78 is 38.5. The molecule has 10 heteroatoms. The summed E-state index contributed by atoms with van der Waals surface area (Å²) in [7, 11) is 0. The van der Waals surface area contributed by atoms with Crippen LogP contribution in [0.5, 0.6) is 0 Å². The molecule has 0 aliphatic heterocycles. The van der Waals surface area contributed by atoms with E-state index in [1.807, 2.05) is 55.1 Å². The number of nitrogens with one attached hydrogen (secondary N) is 1. The highest BCUT2D eigenvalue weighted by atomic mass is 19.4. The number of alkyl halides is 3. The molecule has 7 nitrogen and oxygen atoms in total. The van der Waals surface area contributed by atoms with Crippen LogP contribution in [0.4, 0.5) is 13.2 Å². The predicted molar refractivity (Wildman–Crippen MR) is 138 cm³/mol. The fourth-order valence-electron chi connectivity index (χ4n) is 4.04. The Hall–Kier alpha value is -4.18. The van der Waals surface area contributed by atoms with E-state index in [0.29, 0.717) is 18.2 Å². The van der Waals surface area contributed by atoms with Crippen LogP contribution in [-0.4, -0.2) is 64.2 Å². The summed E-state index contributed by atoms with van der Waals surface area (Å²) >= 11 is 0.